The minimum atomic E-state index is -3.78. The second kappa shape index (κ2) is 7.56. The lowest BCUT2D eigenvalue weighted by Crippen LogP contribution is -2.49. The van der Waals surface area contributed by atoms with Crippen molar-refractivity contribution in [2.45, 2.75) is 30.6 Å². The van der Waals surface area contributed by atoms with Gasteiger partial charge in [-0.1, -0.05) is 11.1 Å². The molecule has 0 aliphatic rings. The minimum Gasteiger partial charge on any atom is -0.393 e. The largest absolute Gasteiger partial charge is 0.393 e. The number of carbonyl (C=O) groups excluding carboxylic acids is 1. The predicted octanol–water partition coefficient (Wildman–Crippen LogP) is -1.38. The lowest BCUT2D eigenvalue weighted by Gasteiger charge is -2.24. The number of aliphatic hydroxyl groups is 2. The Labute approximate surface area is 133 Å². The Balaban J connectivity index is 2.86. The lowest BCUT2D eigenvalue weighted by molar-refractivity contribution is -0.131. The molecule has 128 valence electrons. The maximum absolute atomic E-state index is 11.8. The number of sulfone groups is 1. The summed E-state index contributed by atoms with van der Waals surface area (Å²) in [6.45, 7) is 0.684. The van der Waals surface area contributed by atoms with E-state index in [2.05, 4.69) is 17.0 Å². The molecule has 0 radical (unpaired) electrons. The highest BCUT2D eigenvalue weighted by Gasteiger charge is 2.43. The highest BCUT2D eigenvalue weighted by molar-refractivity contribution is 7.92. The van der Waals surface area contributed by atoms with Crippen molar-refractivity contribution in [1.29, 1.82) is 0 Å². The molecule has 2 atom stereocenters. The second-order valence-corrected chi connectivity index (χ2v) is 7.54. The number of nitrogens with zero attached hydrogens (tertiary/aromatic N) is 1. The van der Waals surface area contributed by atoms with Crippen LogP contribution < -0.4 is 5.48 Å². The molecule has 0 saturated heterocycles. The van der Waals surface area contributed by atoms with Gasteiger partial charge in [-0.3, -0.25) is 10.0 Å². The maximum Gasteiger partial charge on any atom is 0.264 e. The van der Waals surface area contributed by atoms with Crippen molar-refractivity contribution >= 4 is 15.7 Å². The smallest absolute Gasteiger partial charge is 0.264 e. The summed E-state index contributed by atoms with van der Waals surface area (Å²) in [4.78, 5) is 11.7. The van der Waals surface area contributed by atoms with E-state index in [-0.39, 0.29) is 18.6 Å². The number of hydrogen-bond acceptors (Lipinski definition) is 8. The quantitative estimate of drug-likeness (QED) is 0.280. The number of amides is 1. The fourth-order valence-electron chi connectivity index (χ4n) is 1.64. The summed E-state index contributed by atoms with van der Waals surface area (Å²) in [7, 11) is -3.78. The van der Waals surface area contributed by atoms with Gasteiger partial charge in [-0.25, -0.2) is 13.9 Å². The van der Waals surface area contributed by atoms with E-state index in [1.54, 1.807) is 0 Å². The normalized spacial score (nSPS) is 15.2. The van der Waals surface area contributed by atoms with E-state index in [1.807, 2.05) is 0 Å². The van der Waals surface area contributed by atoms with Gasteiger partial charge in [0, 0.05) is 12.3 Å². The molecule has 1 rings (SSSR count). The molecule has 0 spiro atoms. The van der Waals surface area contributed by atoms with Gasteiger partial charge in [0.1, 0.15) is 10.9 Å². The minimum absolute atomic E-state index is 0.0880. The molecule has 0 aliphatic carbocycles. The number of aryl methyl sites for hydroxylation is 1. The summed E-state index contributed by atoms with van der Waals surface area (Å²) in [6.07, 6.45) is -0.342. The molecule has 0 aromatic carbocycles. The highest BCUT2D eigenvalue weighted by Crippen LogP contribution is 2.23. The topological polar surface area (TPSA) is 150 Å². The molecule has 10 heteroatoms. The first-order chi connectivity index (χ1) is 10.6. The van der Waals surface area contributed by atoms with Crippen LogP contribution in [-0.4, -0.2) is 58.6 Å². The number of carbonyl (C=O) groups is 1. The van der Waals surface area contributed by atoms with Crippen molar-refractivity contribution in [2.24, 2.45) is 0 Å². The monoisotopic (exact) mass is 346 g/mol. The van der Waals surface area contributed by atoms with Crippen LogP contribution in [0.5, 0.6) is 0 Å². The molecule has 1 heterocycles. The summed E-state index contributed by atoms with van der Waals surface area (Å²) in [6, 6.07) is 1.43. The molecule has 1 aromatic rings. The van der Waals surface area contributed by atoms with E-state index >= 15 is 0 Å². The number of rotatable bonds is 6. The highest BCUT2D eigenvalue weighted by atomic mass is 32.2. The Morgan fingerprint density at radius 1 is 1.57 bits per heavy atom. The average Bonchev–Trinajstić information content (AvgIpc) is 2.96. The van der Waals surface area contributed by atoms with Gasteiger partial charge in [-0.2, -0.15) is 0 Å². The Bertz CT molecular complexity index is 716. The third-order valence-electron chi connectivity index (χ3n) is 3.35. The molecule has 0 bridgehead atoms. The zero-order valence-corrected chi connectivity index (χ0v) is 13.4. The molecular weight excluding hydrogens is 328 g/mol. The molecule has 0 saturated carbocycles. The SMILES string of the molecule is CC(CCc1cc(C#C[C@H](O)CO)on1)(C(=O)NO)S(C)(=O)=O. The van der Waals surface area contributed by atoms with E-state index in [1.165, 1.54) is 18.5 Å². The number of nitrogens with one attached hydrogen (secondary N) is 1. The van der Waals surface area contributed by atoms with Gasteiger partial charge < -0.3 is 14.7 Å². The fourth-order valence-corrected chi connectivity index (χ4v) is 2.50. The van der Waals surface area contributed by atoms with Gasteiger partial charge in [-0.15, -0.1) is 0 Å². The summed E-state index contributed by atoms with van der Waals surface area (Å²) in [5.74, 6) is 3.86. The van der Waals surface area contributed by atoms with Crippen LogP contribution in [0.15, 0.2) is 10.6 Å². The van der Waals surface area contributed by atoms with Crippen LogP contribution in [0, 0.1) is 11.8 Å². The summed E-state index contributed by atoms with van der Waals surface area (Å²) in [5.41, 5.74) is 1.71. The third kappa shape index (κ3) is 4.77. The van der Waals surface area contributed by atoms with Crippen molar-refractivity contribution in [3.8, 4) is 11.8 Å². The first-order valence-electron chi connectivity index (χ1n) is 6.54. The molecule has 0 fully saturated rings. The zero-order chi connectivity index (χ0) is 17.7. The van der Waals surface area contributed by atoms with E-state index in [4.69, 9.17) is 19.9 Å². The first-order valence-corrected chi connectivity index (χ1v) is 8.43. The molecule has 1 amide bonds. The number of aliphatic hydroxyl groups excluding tert-OH is 2. The molecule has 23 heavy (non-hydrogen) atoms. The Kier molecular flexibility index (Phi) is 6.28. The number of aromatic nitrogens is 1. The van der Waals surface area contributed by atoms with Crippen LogP contribution in [0.25, 0.3) is 0 Å². The van der Waals surface area contributed by atoms with E-state index in [0.717, 1.165) is 6.26 Å². The molecule has 1 unspecified atom stereocenters. The van der Waals surface area contributed by atoms with Crippen molar-refractivity contribution in [1.82, 2.24) is 10.6 Å². The molecule has 9 nitrogen and oxygen atoms in total. The van der Waals surface area contributed by atoms with Crippen molar-refractivity contribution in [3.63, 3.8) is 0 Å². The Morgan fingerprint density at radius 2 is 2.22 bits per heavy atom. The van der Waals surface area contributed by atoms with Crippen LogP contribution in [0.1, 0.15) is 24.8 Å². The van der Waals surface area contributed by atoms with Crippen LogP contribution in [0.2, 0.25) is 0 Å². The van der Waals surface area contributed by atoms with Gasteiger partial charge in [0.25, 0.3) is 5.91 Å². The second-order valence-electron chi connectivity index (χ2n) is 5.09. The van der Waals surface area contributed by atoms with E-state index in [0.29, 0.717) is 5.69 Å². The van der Waals surface area contributed by atoms with Crippen LogP contribution in [0.4, 0.5) is 0 Å². The lowest BCUT2D eigenvalue weighted by atomic mass is 10.0. The molecular formula is C13H18N2O7S. The molecule has 0 aliphatic heterocycles. The maximum atomic E-state index is 11.8. The zero-order valence-electron chi connectivity index (χ0n) is 12.6. The van der Waals surface area contributed by atoms with Crippen molar-refractivity contribution in [3.05, 3.63) is 17.5 Å². The summed E-state index contributed by atoms with van der Waals surface area (Å²) in [5, 5.41) is 30.1. The summed E-state index contributed by atoms with van der Waals surface area (Å²) < 4.78 is 26.7. The Morgan fingerprint density at radius 3 is 2.74 bits per heavy atom. The fraction of sp³-hybridized carbons (Fsp3) is 0.538. The van der Waals surface area contributed by atoms with E-state index < -0.39 is 33.2 Å². The molecule has 1 aromatic heterocycles. The van der Waals surface area contributed by atoms with Crippen LogP contribution in [0.3, 0.4) is 0 Å². The van der Waals surface area contributed by atoms with Crippen LogP contribution >= 0.6 is 0 Å². The van der Waals surface area contributed by atoms with Gasteiger partial charge >= 0.3 is 0 Å². The van der Waals surface area contributed by atoms with Crippen molar-refractivity contribution < 1.29 is 33.2 Å². The number of hydrogen-bond donors (Lipinski definition) is 4. The van der Waals surface area contributed by atoms with Gasteiger partial charge in [0.15, 0.2) is 9.84 Å². The average molecular weight is 346 g/mol. The third-order valence-corrected chi connectivity index (χ3v) is 5.38. The van der Waals surface area contributed by atoms with Crippen molar-refractivity contribution in [2.75, 3.05) is 12.9 Å². The predicted molar refractivity (Wildman–Crippen MR) is 78.0 cm³/mol. The first kappa shape index (κ1) is 19.1. The Hall–Kier alpha value is -1.93. The number of hydroxylamine groups is 1. The van der Waals surface area contributed by atoms with Crippen LogP contribution in [-0.2, 0) is 21.1 Å². The van der Waals surface area contributed by atoms with E-state index in [9.17, 15) is 13.2 Å². The molecule has 4 N–H and O–H groups in total. The van der Waals surface area contributed by atoms with Gasteiger partial charge in [0.05, 0.1) is 12.3 Å². The van der Waals surface area contributed by atoms with Gasteiger partial charge in [-0.05, 0) is 25.7 Å². The standard InChI is InChI=1S/C13H18N2O7S/c1-13(12(18)14-19,23(2,20)21)6-5-9-7-11(22-15-9)4-3-10(17)8-16/h7,10,16-17,19H,5-6,8H2,1-2H3,(H,14,18)/t10-,13?/m0/s1. The summed E-state index contributed by atoms with van der Waals surface area (Å²) >= 11 is 0. The van der Waals surface area contributed by atoms with Gasteiger partial charge in [0.2, 0.25) is 5.76 Å².